The summed E-state index contributed by atoms with van der Waals surface area (Å²) in [5, 5.41) is 8.78. The van der Waals surface area contributed by atoms with Crippen molar-refractivity contribution in [2.45, 2.75) is 33.2 Å². The average molecular weight is 288 g/mol. The summed E-state index contributed by atoms with van der Waals surface area (Å²) in [6.45, 7) is 6.74. The first-order valence-corrected chi connectivity index (χ1v) is 7.22. The van der Waals surface area contributed by atoms with E-state index < -0.39 is 0 Å². The molecule has 1 rings (SSSR count). The normalized spacial score (nSPS) is 10.7. The Morgan fingerprint density at radius 2 is 2.05 bits per heavy atom. The number of nitrogens with zero attached hydrogens (tertiary/aromatic N) is 2. The maximum Gasteiger partial charge on any atom is 0.238 e. The van der Waals surface area contributed by atoms with Crippen LogP contribution in [-0.2, 0) is 17.8 Å². The van der Waals surface area contributed by atoms with Gasteiger partial charge >= 0.3 is 0 Å². The molecule has 0 heterocycles. The van der Waals surface area contributed by atoms with E-state index in [0.29, 0.717) is 12.3 Å². The number of nitrogens with one attached hydrogen (secondary N) is 1. The molecule has 0 fully saturated rings. The summed E-state index contributed by atoms with van der Waals surface area (Å²) < 4.78 is 0. The topological polar surface area (TPSA) is 82.2 Å². The summed E-state index contributed by atoms with van der Waals surface area (Å²) in [5.74, 6) is 5.49. The van der Waals surface area contributed by atoms with Gasteiger partial charge in [-0.25, -0.2) is 5.84 Å². The number of nitrogens with two attached hydrogens (primary N) is 1. The number of benzene rings is 1. The molecular formula is C16H24N4O. The molecule has 0 spiro atoms. The van der Waals surface area contributed by atoms with Crippen LogP contribution < -0.4 is 11.3 Å². The van der Waals surface area contributed by atoms with Crippen LogP contribution >= 0.6 is 0 Å². The molecule has 0 saturated heterocycles. The summed E-state index contributed by atoms with van der Waals surface area (Å²) in [6.07, 6.45) is 0.790. The highest BCUT2D eigenvalue weighted by Gasteiger charge is 2.12. The number of hydrazine groups is 1. The van der Waals surface area contributed by atoms with Gasteiger partial charge in [-0.15, -0.1) is 0 Å². The Hall–Kier alpha value is -1.90. The van der Waals surface area contributed by atoms with Crippen molar-refractivity contribution >= 4 is 5.91 Å². The largest absolute Gasteiger partial charge is 0.298 e. The van der Waals surface area contributed by atoms with E-state index in [1.807, 2.05) is 24.3 Å². The second-order valence-electron chi connectivity index (χ2n) is 5.55. The maximum absolute atomic E-state index is 11.5. The first-order chi connectivity index (χ1) is 10.1. The summed E-state index contributed by atoms with van der Waals surface area (Å²) in [5.41, 5.74) is 4.25. The number of hydrogen-bond acceptors (Lipinski definition) is 4. The van der Waals surface area contributed by atoms with E-state index in [4.69, 9.17) is 11.1 Å². The zero-order valence-corrected chi connectivity index (χ0v) is 12.8. The smallest absolute Gasteiger partial charge is 0.238 e. The molecule has 3 N–H and O–H groups in total. The maximum atomic E-state index is 11.5. The minimum Gasteiger partial charge on any atom is -0.298 e. The lowest BCUT2D eigenvalue weighted by atomic mass is 10.0. The SMILES string of the molecule is CC(C)CN(CCC#N)Cc1ccccc1CC(=O)NN. The van der Waals surface area contributed by atoms with Crippen molar-refractivity contribution in [3.8, 4) is 6.07 Å². The molecule has 0 aliphatic carbocycles. The highest BCUT2D eigenvalue weighted by atomic mass is 16.2. The molecule has 114 valence electrons. The number of nitriles is 1. The van der Waals surface area contributed by atoms with E-state index in [2.05, 4.69) is 30.2 Å². The van der Waals surface area contributed by atoms with Gasteiger partial charge in [0.1, 0.15) is 0 Å². The number of hydrogen-bond donors (Lipinski definition) is 2. The monoisotopic (exact) mass is 288 g/mol. The Balaban J connectivity index is 2.82. The molecule has 0 bridgehead atoms. The molecule has 0 aliphatic rings. The lowest BCUT2D eigenvalue weighted by molar-refractivity contribution is -0.120. The summed E-state index contributed by atoms with van der Waals surface area (Å²) >= 11 is 0. The predicted octanol–water partition coefficient (Wildman–Crippen LogP) is 1.59. The molecule has 5 heteroatoms. The van der Waals surface area contributed by atoms with Gasteiger partial charge in [0.05, 0.1) is 12.5 Å². The molecule has 1 aromatic rings. The fraction of sp³-hybridized carbons (Fsp3) is 0.500. The minimum atomic E-state index is -0.199. The average Bonchev–Trinajstić information content (AvgIpc) is 2.46. The van der Waals surface area contributed by atoms with Gasteiger partial charge in [-0.1, -0.05) is 38.1 Å². The number of amides is 1. The van der Waals surface area contributed by atoms with Crippen molar-refractivity contribution in [3.63, 3.8) is 0 Å². The Kier molecular flexibility index (Phi) is 7.44. The molecule has 1 aromatic carbocycles. The van der Waals surface area contributed by atoms with Crippen molar-refractivity contribution in [1.82, 2.24) is 10.3 Å². The van der Waals surface area contributed by atoms with Crippen LogP contribution in [0.4, 0.5) is 0 Å². The van der Waals surface area contributed by atoms with Crippen molar-refractivity contribution in [2.24, 2.45) is 11.8 Å². The lowest BCUT2D eigenvalue weighted by Crippen LogP contribution is -2.32. The van der Waals surface area contributed by atoms with Gasteiger partial charge in [-0.3, -0.25) is 15.1 Å². The second-order valence-corrected chi connectivity index (χ2v) is 5.55. The van der Waals surface area contributed by atoms with E-state index in [1.54, 1.807) is 0 Å². The highest BCUT2D eigenvalue weighted by molar-refractivity contribution is 5.78. The van der Waals surface area contributed by atoms with E-state index >= 15 is 0 Å². The third kappa shape index (κ3) is 6.39. The quantitative estimate of drug-likeness (QED) is 0.432. The molecule has 0 atom stereocenters. The van der Waals surface area contributed by atoms with Crippen LogP contribution in [-0.4, -0.2) is 23.9 Å². The summed E-state index contributed by atoms with van der Waals surface area (Å²) in [4.78, 5) is 13.7. The van der Waals surface area contributed by atoms with E-state index in [9.17, 15) is 4.79 Å². The molecule has 0 aliphatic heterocycles. The minimum absolute atomic E-state index is 0.199. The van der Waals surface area contributed by atoms with Crippen LogP contribution in [0.5, 0.6) is 0 Å². The lowest BCUT2D eigenvalue weighted by Gasteiger charge is -2.24. The Labute approximate surface area is 126 Å². The molecule has 0 radical (unpaired) electrons. The molecule has 0 unspecified atom stereocenters. The van der Waals surface area contributed by atoms with Gasteiger partial charge in [0.2, 0.25) is 5.91 Å². The summed E-state index contributed by atoms with van der Waals surface area (Å²) in [6, 6.07) is 10.1. The zero-order chi connectivity index (χ0) is 15.7. The number of carbonyl (C=O) groups excluding carboxylic acids is 1. The predicted molar refractivity (Wildman–Crippen MR) is 82.8 cm³/mol. The molecule has 5 nitrogen and oxygen atoms in total. The molecule has 0 aromatic heterocycles. The van der Waals surface area contributed by atoms with Gasteiger partial charge in [0.15, 0.2) is 0 Å². The first-order valence-electron chi connectivity index (χ1n) is 7.22. The van der Waals surface area contributed by atoms with Crippen LogP contribution in [0.25, 0.3) is 0 Å². The van der Waals surface area contributed by atoms with Gasteiger partial charge in [0, 0.05) is 26.1 Å². The third-order valence-electron chi connectivity index (χ3n) is 3.19. The number of rotatable bonds is 8. The third-order valence-corrected chi connectivity index (χ3v) is 3.19. The molecule has 1 amide bonds. The van der Waals surface area contributed by atoms with E-state index in [1.165, 1.54) is 0 Å². The molecule has 21 heavy (non-hydrogen) atoms. The van der Waals surface area contributed by atoms with Gasteiger partial charge in [-0.2, -0.15) is 5.26 Å². The van der Waals surface area contributed by atoms with Crippen LogP contribution in [0.1, 0.15) is 31.4 Å². The van der Waals surface area contributed by atoms with Crippen molar-refractivity contribution in [3.05, 3.63) is 35.4 Å². The molecule has 0 saturated carbocycles. The summed E-state index contributed by atoms with van der Waals surface area (Å²) in [7, 11) is 0. The van der Waals surface area contributed by atoms with Crippen molar-refractivity contribution in [1.29, 1.82) is 5.26 Å². The van der Waals surface area contributed by atoms with Gasteiger partial charge in [-0.05, 0) is 17.0 Å². The van der Waals surface area contributed by atoms with Crippen LogP contribution in [0, 0.1) is 17.2 Å². The highest BCUT2D eigenvalue weighted by Crippen LogP contribution is 2.14. The van der Waals surface area contributed by atoms with Crippen LogP contribution in [0.15, 0.2) is 24.3 Å². The van der Waals surface area contributed by atoms with Crippen molar-refractivity contribution < 1.29 is 4.79 Å². The molecular weight excluding hydrogens is 264 g/mol. The van der Waals surface area contributed by atoms with Crippen LogP contribution in [0.2, 0.25) is 0 Å². The Bertz CT molecular complexity index is 493. The van der Waals surface area contributed by atoms with E-state index in [-0.39, 0.29) is 12.3 Å². The van der Waals surface area contributed by atoms with Crippen LogP contribution in [0.3, 0.4) is 0 Å². The Morgan fingerprint density at radius 3 is 2.62 bits per heavy atom. The van der Waals surface area contributed by atoms with Gasteiger partial charge < -0.3 is 0 Å². The zero-order valence-electron chi connectivity index (χ0n) is 12.8. The van der Waals surface area contributed by atoms with Crippen molar-refractivity contribution in [2.75, 3.05) is 13.1 Å². The fourth-order valence-corrected chi connectivity index (χ4v) is 2.31. The standard InChI is InChI=1S/C16H24N4O/c1-13(2)11-20(9-5-8-17)12-15-7-4-3-6-14(15)10-16(21)19-18/h3-4,6-7,13H,5,9-12,18H2,1-2H3,(H,19,21). The second kappa shape index (κ2) is 9.11. The number of carbonyl (C=O) groups is 1. The van der Waals surface area contributed by atoms with Gasteiger partial charge in [0.25, 0.3) is 0 Å². The first kappa shape index (κ1) is 17.2. The fourth-order valence-electron chi connectivity index (χ4n) is 2.31. The van der Waals surface area contributed by atoms with E-state index in [0.717, 1.165) is 30.8 Å². The Morgan fingerprint density at radius 1 is 1.38 bits per heavy atom.